The van der Waals surface area contributed by atoms with Gasteiger partial charge in [0.2, 0.25) is 6.10 Å². The van der Waals surface area contributed by atoms with Gasteiger partial charge in [0.15, 0.2) is 0 Å². The number of thiophene rings is 1. The molecular weight excluding hydrogens is 460 g/mol. The van der Waals surface area contributed by atoms with E-state index in [1.165, 1.54) is 29.5 Å². The maximum Gasteiger partial charge on any atom is 0.349 e. The lowest BCUT2D eigenvalue weighted by Gasteiger charge is -2.18. The summed E-state index contributed by atoms with van der Waals surface area (Å²) >= 11 is 4.46. The second kappa shape index (κ2) is 8.97. The third-order valence-corrected chi connectivity index (χ3v) is 5.69. The van der Waals surface area contributed by atoms with Gasteiger partial charge in [-0.1, -0.05) is 30.3 Å². The summed E-state index contributed by atoms with van der Waals surface area (Å²) in [4.78, 5) is 36.3. The van der Waals surface area contributed by atoms with Crippen molar-refractivity contribution in [2.75, 3.05) is 5.32 Å². The van der Waals surface area contributed by atoms with Gasteiger partial charge < -0.3 is 10.1 Å². The zero-order valence-electron chi connectivity index (χ0n) is 15.1. The van der Waals surface area contributed by atoms with Crippen molar-refractivity contribution in [1.82, 2.24) is 0 Å². The highest BCUT2D eigenvalue weighted by molar-refractivity contribution is 9.10. The summed E-state index contributed by atoms with van der Waals surface area (Å²) < 4.78 is 5.87. The molecule has 0 radical (unpaired) electrons. The number of nitrogens with zero attached hydrogens (tertiary/aromatic N) is 1. The maximum atomic E-state index is 12.9. The van der Waals surface area contributed by atoms with Crippen molar-refractivity contribution in [3.8, 4) is 0 Å². The summed E-state index contributed by atoms with van der Waals surface area (Å²) in [6.07, 6.45) is -1.19. The van der Waals surface area contributed by atoms with Crippen LogP contribution in [0.1, 0.15) is 26.9 Å². The Balaban J connectivity index is 1.86. The molecule has 9 heteroatoms. The number of anilines is 1. The van der Waals surface area contributed by atoms with Gasteiger partial charge in [0.1, 0.15) is 4.88 Å². The smallest absolute Gasteiger partial charge is 0.349 e. The minimum Gasteiger partial charge on any atom is -0.443 e. The Morgan fingerprint density at radius 1 is 1.17 bits per heavy atom. The Hall–Kier alpha value is -3.04. The van der Waals surface area contributed by atoms with Gasteiger partial charge in [-0.15, -0.1) is 11.3 Å². The highest BCUT2D eigenvalue weighted by Gasteiger charge is 2.27. The number of carbonyl (C=O) groups excluding carboxylic acids is 2. The summed E-state index contributed by atoms with van der Waals surface area (Å²) in [5.74, 6) is -1.17. The Kier molecular flexibility index (Phi) is 6.40. The average Bonchev–Trinajstić information content (AvgIpc) is 3.14. The molecule has 2 aromatic carbocycles. The average molecular weight is 475 g/mol. The maximum absolute atomic E-state index is 12.9. The van der Waals surface area contributed by atoms with E-state index in [1.54, 1.807) is 48.7 Å². The number of carbonyl (C=O) groups is 2. The number of esters is 1. The number of hydrogen-bond donors (Lipinski definition) is 1. The molecule has 0 saturated heterocycles. The van der Waals surface area contributed by atoms with Crippen LogP contribution in [0.4, 0.5) is 11.4 Å². The number of nitro groups is 1. The fraction of sp³-hybridized carbons (Fsp3) is 0.100. The molecule has 1 heterocycles. The van der Waals surface area contributed by atoms with Gasteiger partial charge in [-0.25, -0.2) is 4.79 Å². The number of rotatable bonds is 6. The summed E-state index contributed by atoms with van der Waals surface area (Å²) in [5.41, 5.74) is 1.48. The van der Waals surface area contributed by atoms with Crippen LogP contribution in [0.25, 0.3) is 0 Å². The first-order chi connectivity index (χ1) is 13.9. The third kappa shape index (κ3) is 4.87. The molecule has 0 aliphatic heterocycles. The van der Waals surface area contributed by atoms with E-state index in [-0.39, 0.29) is 5.69 Å². The molecule has 0 fully saturated rings. The van der Waals surface area contributed by atoms with Gasteiger partial charge in [-0.2, -0.15) is 0 Å². The molecule has 0 aliphatic carbocycles. The zero-order chi connectivity index (χ0) is 21.0. The Bertz CT molecular complexity index is 1070. The van der Waals surface area contributed by atoms with Gasteiger partial charge in [0, 0.05) is 22.2 Å². The van der Waals surface area contributed by atoms with Crippen molar-refractivity contribution in [3.63, 3.8) is 0 Å². The van der Waals surface area contributed by atoms with Gasteiger partial charge in [-0.3, -0.25) is 14.9 Å². The highest BCUT2D eigenvalue weighted by atomic mass is 79.9. The molecule has 0 spiro atoms. The summed E-state index contributed by atoms with van der Waals surface area (Å²) in [5, 5.41) is 15.3. The summed E-state index contributed by atoms with van der Waals surface area (Å²) in [6.45, 7) is 1.79. The lowest BCUT2D eigenvalue weighted by molar-refractivity contribution is -0.384. The minimum atomic E-state index is -1.19. The topological polar surface area (TPSA) is 98.5 Å². The molecule has 29 heavy (non-hydrogen) atoms. The van der Waals surface area contributed by atoms with E-state index in [0.29, 0.717) is 20.6 Å². The summed E-state index contributed by atoms with van der Waals surface area (Å²) in [6, 6.07) is 14.4. The standard InChI is InChI=1S/C20H15BrN2O5S/c1-12-9-10-29-18(12)20(25)28-17(13-5-3-2-4-6-13)19(24)22-16-8-7-14(23(26)27)11-15(16)21/h2-11,17H,1H3,(H,22,24). The van der Waals surface area contributed by atoms with E-state index >= 15 is 0 Å². The van der Waals surface area contributed by atoms with E-state index in [4.69, 9.17) is 4.74 Å². The number of halogens is 1. The Morgan fingerprint density at radius 3 is 2.48 bits per heavy atom. The van der Waals surface area contributed by atoms with Crippen LogP contribution in [0.5, 0.6) is 0 Å². The van der Waals surface area contributed by atoms with Crippen molar-refractivity contribution >= 4 is 50.5 Å². The molecule has 3 rings (SSSR count). The number of hydrogen-bond acceptors (Lipinski definition) is 6. The normalized spacial score (nSPS) is 11.5. The monoisotopic (exact) mass is 474 g/mol. The second-order valence-corrected chi connectivity index (χ2v) is 7.81. The first-order valence-corrected chi connectivity index (χ1v) is 10.1. The molecule has 1 unspecified atom stereocenters. The van der Waals surface area contributed by atoms with E-state index < -0.39 is 22.9 Å². The number of benzene rings is 2. The highest BCUT2D eigenvalue weighted by Crippen LogP contribution is 2.29. The molecule has 1 aromatic heterocycles. The Morgan fingerprint density at radius 2 is 1.90 bits per heavy atom. The number of nitro benzene ring substituents is 1. The largest absolute Gasteiger partial charge is 0.443 e. The molecule has 1 N–H and O–H groups in total. The first-order valence-electron chi connectivity index (χ1n) is 8.41. The van der Waals surface area contributed by atoms with Crippen LogP contribution < -0.4 is 5.32 Å². The minimum absolute atomic E-state index is 0.117. The lowest BCUT2D eigenvalue weighted by atomic mass is 10.1. The Labute approximate surface area is 178 Å². The molecule has 7 nitrogen and oxygen atoms in total. The molecule has 1 atom stereocenters. The van der Waals surface area contributed by atoms with Gasteiger partial charge >= 0.3 is 5.97 Å². The van der Waals surface area contributed by atoms with Crippen LogP contribution in [-0.2, 0) is 9.53 Å². The van der Waals surface area contributed by atoms with Crippen LogP contribution in [-0.4, -0.2) is 16.8 Å². The quantitative estimate of drug-likeness (QED) is 0.298. The summed E-state index contributed by atoms with van der Waals surface area (Å²) in [7, 11) is 0. The SMILES string of the molecule is Cc1ccsc1C(=O)OC(C(=O)Nc1ccc([N+](=O)[O-])cc1Br)c1ccccc1. The van der Waals surface area contributed by atoms with Gasteiger partial charge in [-0.05, 0) is 45.9 Å². The number of ether oxygens (including phenoxy) is 1. The van der Waals surface area contributed by atoms with Crippen LogP contribution >= 0.6 is 27.3 Å². The molecule has 1 amide bonds. The molecule has 0 aliphatic rings. The van der Waals surface area contributed by atoms with Crippen molar-refractivity contribution in [3.05, 3.63) is 90.6 Å². The van der Waals surface area contributed by atoms with Gasteiger partial charge in [0.25, 0.3) is 11.6 Å². The van der Waals surface area contributed by atoms with Crippen LogP contribution in [0.15, 0.2) is 64.5 Å². The van der Waals surface area contributed by atoms with Crippen LogP contribution in [0, 0.1) is 17.0 Å². The predicted molar refractivity (Wildman–Crippen MR) is 113 cm³/mol. The van der Waals surface area contributed by atoms with Crippen molar-refractivity contribution in [2.24, 2.45) is 0 Å². The van der Waals surface area contributed by atoms with Crippen molar-refractivity contribution in [2.45, 2.75) is 13.0 Å². The van der Waals surface area contributed by atoms with Crippen LogP contribution in [0.2, 0.25) is 0 Å². The fourth-order valence-electron chi connectivity index (χ4n) is 2.56. The number of nitrogens with one attached hydrogen (secondary N) is 1. The second-order valence-electron chi connectivity index (χ2n) is 6.04. The molecule has 0 bridgehead atoms. The molecule has 148 valence electrons. The fourth-order valence-corrected chi connectivity index (χ4v) is 3.83. The number of aryl methyl sites for hydroxylation is 1. The van der Waals surface area contributed by atoms with E-state index in [0.717, 1.165) is 5.56 Å². The molecule has 0 saturated carbocycles. The number of amides is 1. The number of non-ortho nitro benzene ring substituents is 1. The zero-order valence-corrected chi connectivity index (χ0v) is 17.5. The van der Waals surface area contributed by atoms with Crippen molar-refractivity contribution in [1.29, 1.82) is 0 Å². The van der Waals surface area contributed by atoms with Crippen LogP contribution in [0.3, 0.4) is 0 Å². The third-order valence-electron chi connectivity index (χ3n) is 4.03. The van der Waals surface area contributed by atoms with E-state index in [2.05, 4.69) is 21.2 Å². The van der Waals surface area contributed by atoms with Crippen molar-refractivity contribution < 1.29 is 19.2 Å². The molecular formula is C20H15BrN2O5S. The van der Waals surface area contributed by atoms with E-state index in [9.17, 15) is 19.7 Å². The predicted octanol–water partition coefficient (Wildman–Crippen LogP) is 5.26. The first kappa shape index (κ1) is 20.7. The molecule has 3 aromatic rings. The lowest BCUT2D eigenvalue weighted by Crippen LogP contribution is -2.26. The van der Waals surface area contributed by atoms with Gasteiger partial charge in [0.05, 0.1) is 10.6 Å². The van der Waals surface area contributed by atoms with E-state index in [1.807, 2.05) is 0 Å².